The van der Waals surface area contributed by atoms with Gasteiger partial charge in [-0.25, -0.2) is 8.42 Å². The van der Waals surface area contributed by atoms with Gasteiger partial charge >= 0.3 is 0 Å². The first kappa shape index (κ1) is 17.9. The maximum Gasteiger partial charge on any atom is 0.236 e. The molecule has 0 amide bonds. The summed E-state index contributed by atoms with van der Waals surface area (Å²) in [6, 6.07) is 7.43. The van der Waals surface area contributed by atoms with Crippen LogP contribution >= 0.6 is 0 Å². The number of methoxy groups -OCH3 is 1. The average molecular weight is 314 g/mol. The second kappa shape index (κ2) is 9.02. The third-order valence-corrected chi connectivity index (χ3v) is 4.96. The van der Waals surface area contributed by atoms with Crippen LogP contribution in [0.25, 0.3) is 0 Å². The first-order valence-electron chi connectivity index (χ1n) is 7.30. The van der Waals surface area contributed by atoms with Crippen LogP contribution in [-0.4, -0.2) is 40.5 Å². The highest BCUT2D eigenvalue weighted by molar-refractivity contribution is 7.93. The lowest BCUT2D eigenvalue weighted by atomic mass is 10.1. The van der Waals surface area contributed by atoms with Crippen LogP contribution in [0, 0.1) is 0 Å². The molecular weight excluding hydrogens is 288 g/mol. The van der Waals surface area contributed by atoms with Crippen molar-refractivity contribution < 1.29 is 13.2 Å². The molecule has 0 saturated carbocycles. The smallest absolute Gasteiger partial charge is 0.236 e. The summed E-state index contributed by atoms with van der Waals surface area (Å²) in [7, 11) is -1.76. The normalized spacial score (nSPS) is 13.1. The van der Waals surface area contributed by atoms with E-state index in [1.165, 1.54) is 0 Å². The number of rotatable bonds is 10. The Morgan fingerprint density at radius 2 is 2.00 bits per heavy atom. The molecule has 0 saturated heterocycles. The summed E-state index contributed by atoms with van der Waals surface area (Å²) in [6.45, 7) is 5.60. The summed E-state index contributed by atoms with van der Waals surface area (Å²) in [6.07, 6.45) is 1.66. The number of hydrogen-bond donors (Lipinski definition) is 2. The van der Waals surface area contributed by atoms with E-state index in [0.29, 0.717) is 25.3 Å². The molecule has 1 aromatic carbocycles. The van der Waals surface area contributed by atoms with Gasteiger partial charge in [-0.05, 0) is 37.9 Å². The topological polar surface area (TPSA) is 67.4 Å². The molecule has 1 unspecified atom stereocenters. The number of ether oxygens (including phenoxy) is 1. The summed E-state index contributed by atoms with van der Waals surface area (Å²) in [5, 5.41) is 2.65. The van der Waals surface area contributed by atoms with Crippen LogP contribution < -0.4 is 10.0 Å². The minimum Gasteiger partial charge on any atom is -0.384 e. The van der Waals surface area contributed by atoms with Crippen molar-refractivity contribution in [2.24, 2.45) is 0 Å². The monoisotopic (exact) mass is 314 g/mol. The fourth-order valence-corrected chi connectivity index (χ4v) is 2.94. The Bertz CT molecular complexity index is 517. The predicted octanol–water partition coefficient (Wildman–Crippen LogP) is 2.01. The van der Waals surface area contributed by atoms with Crippen LogP contribution in [0.3, 0.4) is 0 Å². The van der Waals surface area contributed by atoms with E-state index in [4.69, 9.17) is 4.74 Å². The van der Waals surface area contributed by atoms with Gasteiger partial charge in [-0.3, -0.25) is 4.72 Å². The van der Waals surface area contributed by atoms with Crippen LogP contribution in [0.15, 0.2) is 24.3 Å². The Morgan fingerprint density at radius 3 is 2.67 bits per heavy atom. The highest BCUT2D eigenvalue weighted by Crippen LogP contribution is 2.18. The maximum atomic E-state index is 12.3. The van der Waals surface area contributed by atoms with Gasteiger partial charge in [-0.1, -0.05) is 25.1 Å². The minimum atomic E-state index is -3.39. The molecule has 0 fully saturated rings. The number of benzene rings is 1. The van der Waals surface area contributed by atoms with E-state index in [1.54, 1.807) is 20.1 Å². The largest absolute Gasteiger partial charge is 0.384 e. The summed E-state index contributed by atoms with van der Waals surface area (Å²) in [4.78, 5) is 0. The van der Waals surface area contributed by atoms with E-state index in [2.05, 4.69) is 17.0 Å². The molecule has 0 bridgehead atoms. The molecule has 1 rings (SSSR count). The number of para-hydroxylation sites is 1. The van der Waals surface area contributed by atoms with E-state index in [9.17, 15) is 8.42 Å². The number of nitrogens with one attached hydrogen (secondary N) is 2. The molecular formula is C15H26N2O3S. The van der Waals surface area contributed by atoms with Crippen molar-refractivity contribution in [3.8, 4) is 0 Å². The molecule has 0 spiro atoms. The van der Waals surface area contributed by atoms with E-state index >= 15 is 0 Å². The van der Waals surface area contributed by atoms with Crippen LogP contribution in [0.5, 0.6) is 0 Å². The first-order chi connectivity index (χ1) is 10.0. The Morgan fingerprint density at radius 1 is 1.29 bits per heavy atom. The third-order valence-electron chi connectivity index (χ3n) is 3.23. The van der Waals surface area contributed by atoms with E-state index in [1.807, 2.05) is 18.2 Å². The Hall–Kier alpha value is -1.11. The zero-order valence-electron chi connectivity index (χ0n) is 13.1. The summed E-state index contributed by atoms with van der Waals surface area (Å²) < 4.78 is 32.4. The fraction of sp³-hybridized carbons (Fsp3) is 0.600. The first-order valence-corrected chi connectivity index (χ1v) is 8.85. The van der Waals surface area contributed by atoms with Gasteiger partial charge in [0.1, 0.15) is 0 Å². The molecule has 1 aromatic rings. The van der Waals surface area contributed by atoms with Crippen molar-refractivity contribution >= 4 is 15.7 Å². The zero-order chi connectivity index (χ0) is 15.7. The van der Waals surface area contributed by atoms with Crippen molar-refractivity contribution in [1.82, 2.24) is 5.32 Å². The molecule has 5 nitrogen and oxygen atoms in total. The number of hydrogen-bond acceptors (Lipinski definition) is 4. The van der Waals surface area contributed by atoms with Crippen LogP contribution in [-0.2, 0) is 21.2 Å². The third kappa shape index (κ3) is 6.03. The maximum absolute atomic E-state index is 12.3. The van der Waals surface area contributed by atoms with E-state index in [0.717, 1.165) is 18.5 Å². The lowest BCUT2D eigenvalue weighted by Crippen LogP contribution is -2.35. The second-order valence-electron chi connectivity index (χ2n) is 5.06. The molecule has 21 heavy (non-hydrogen) atoms. The number of sulfonamides is 1. The fourth-order valence-electron chi connectivity index (χ4n) is 1.90. The molecule has 0 aromatic heterocycles. The van der Waals surface area contributed by atoms with Gasteiger partial charge in [0.2, 0.25) is 10.0 Å². The molecule has 120 valence electrons. The van der Waals surface area contributed by atoms with E-state index in [-0.39, 0.29) is 0 Å². The standard InChI is InChI=1S/C15H26N2O3S/c1-4-10-16-12-13(2)21(18,19)17-15-8-6-5-7-14(15)9-11-20-3/h5-8,13,16-17H,4,9-12H2,1-3H3. The quantitative estimate of drug-likeness (QED) is 0.648. The zero-order valence-corrected chi connectivity index (χ0v) is 13.9. The minimum absolute atomic E-state index is 0.448. The predicted molar refractivity (Wildman–Crippen MR) is 87.2 cm³/mol. The number of anilines is 1. The van der Waals surface area contributed by atoms with Crippen LogP contribution in [0.1, 0.15) is 25.8 Å². The molecule has 1 atom stereocenters. The molecule has 0 radical (unpaired) electrons. The van der Waals surface area contributed by atoms with Gasteiger partial charge in [0.25, 0.3) is 0 Å². The molecule has 0 aliphatic rings. The van der Waals surface area contributed by atoms with Crippen LogP contribution in [0.2, 0.25) is 0 Å². The van der Waals surface area contributed by atoms with Crippen molar-refractivity contribution in [3.05, 3.63) is 29.8 Å². The van der Waals surface area contributed by atoms with Crippen LogP contribution in [0.4, 0.5) is 5.69 Å². The summed E-state index contributed by atoms with van der Waals surface area (Å²) in [5.41, 5.74) is 1.58. The van der Waals surface area contributed by atoms with Crippen molar-refractivity contribution in [2.45, 2.75) is 31.9 Å². The van der Waals surface area contributed by atoms with Gasteiger partial charge < -0.3 is 10.1 Å². The van der Waals surface area contributed by atoms with Crippen molar-refractivity contribution in [3.63, 3.8) is 0 Å². The average Bonchev–Trinajstić information content (AvgIpc) is 2.46. The molecule has 0 aliphatic carbocycles. The lowest BCUT2D eigenvalue weighted by molar-refractivity contribution is 0.202. The van der Waals surface area contributed by atoms with Gasteiger partial charge in [0, 0.05) is 13.7 Å². The Labute approximate surface area is 128 Å². The highest BCUT2D eigenvalue weighted by Gasteiger charge is 2.21. The van der Waals surface area contributed by atoms with Gasteiger partial charge in [0.15, 0.2) is 0 Å². The molecule has 2 N–H and O–H groups in total. The molecule has 0 aliphatic heterocycles. The summed E-state index contributed by atoms with van der Waals surface area (Å²) >= 11 is 0. The SMILES string of the molecule is CCCNCC(C)S(=O)(=O)Nc1ccccc1CCOC. The second-order valence-corrected chi connectivity index (χ2v) is 7.16. The summed E-state index contributed by atoms with van der Waals surface area (Å²) in [5.74, 6) is 0. The molecule has 0 heterocycles. The van der Waals surface area contributed by atoms with Crippen molar-refractivity contribution in [1.29, 1.82) is 0 Å². The lowest BCUT2D eigenvalue weighted by Gasteiger charge is -2.17. The van der Waals surface area contributed by atoms with Gasteiger partial charge in [-0.15, -0.1) is 0 Å². The van der Waals surface area contributed by atoms with E-state index < -0.39 is 15.3 Å². The van der Waals surface area contributed by atoms with Gasteiger partial charge in [0.05, 0.1) is 17.5 Å². The Kier molecular flexibility index (Phi) is 7.71. The van der Waals surface area contributed by atoms with Crippen molar-refractivity contribution in [2.75, 3.05) is 31.5 Å². The van der Waals surface area contributed by atoms with Gasteiger partial charge in [-0.2, -0.15) is 0 Å². The molecule has 6 heteroatoms. The highest BCUT2D eigenvalue weighted by atomic mass is 32.2. The Balaban J connectivity index is 2.74.